The van der Waals surface area contributed by atoms with Crippen LogP contribution >= 0.6 is 11.3 Å². The fourth-order valence-electron chi connectivity index (χ4n) is 4.56. The van der Waals surface area contributed by atoms with Crippen molar-refractivity contribution in [3.8, 4) is 0 Å². The molecule has 1 aliphatic heterocycles. The van der Waals surface area contributed by atoms with Gasteiger partial charge in [-0.1, -0.05) is 44.8 Å². The molecule has 0 aromatic carbocycles. The van der Waals surface area contributed by atoms with Crippen molar-refractivity contribution in [3.05, 3.63) is 32.1 Å². The molecule has 1 saturated heterocycles. The van der Waals surface area contributed by atoms with Gasteiger partial charge in [0, 0.05) is 21.6 Å². The molecule has 1 aromatic heterocycles. The highest BCUT2D eigenvalue weighted by molar-refractivity contribution is 7.09. The molecule has 2 N–H and O–H groups in total. The van der Waals surface area contributed by atoms with Gasteiger partial charge in [-0.15, -0.1) is 11.3 Å². The van der Waals surface area contributed by atoms with Crippen LogP contribution < -0.4 is 0 Å². The average Bonchev–Trinajstić information content (AvgIpc) is 3.23. The molecule has 2 heterocycles. The quantitative estimate of drug-likeness (QED) is 0.141. The molecule has 0 amide bonds. The van der Waals surface area contributed by atoms with Crippen molar-refractivity contribution in [3.63, 3.8) is 0 Å². The summed E-state index contributed by atoms with van der Waals surface area (Å²) >= 11 is 1.58. The summed E-state index contributed by atoms with van der Waals surface area (Å²) < 4.78 is 6.02. The number of aromatic nitrogens is 1. The number of carbonyl (C=O) groups is 1. The normalized spacial score (nSPS) is 24.7. The molecule has 1 aliphatic rings. The van der Waals surface area contributed by atoms with E-state index >= 15 is 0 Å². The number of rotatable bonds is 14. The zero-order valence-electron chi connectivity index (χ0n) is 22.4. The highest BCUT2D eigenvalue weighted by atomic mass is 32.1. The van der Waals surface area contributed by atoms with Crippen molar-refractivity contribution in [2.24, 2.45) is 22.4 Å². The van der Waals surface area contributed by atoms with Gasteiger partial charge in [-0.25, -0.2) is 4.98 Å². The minimum Gasteiger partial charge on any atom is -0.392 e. The summed E-state index contributed by atoms with van der Waals surface area (Å²) in [4.78, 5) is 20.3. The Labute approximate surface area is 213 Å². The van der Waals surface area contributed by atoms with Crippen LogP contribution in [0.15, 0.2) is 16.1 Å². The summed E-state index contributed by atoms with van der Waals surface area (Å²) in [6, 6.07) is -0.293. The number of aliphatic hydroxyl groups is 2. The highest BCUT2D eigenvalue weighted by Crippen LogP contribution is 2.44. The lowest BCUT2D eigenvalue weighted by molar-refractivity contribution is -0.140. The number of aryl methyl sites for hydroxylation is 1. The smallest absolute Gasteiger partial charge is 0.146 e. The number of ether oxygens (including phenoxy) is 1. The van der Waals surface area contributed by atoms with Gasteiger partial charge in [-0.3, -0.25) is 4.79 Å². The largest absolute Gasteiger partial charge is 0.392 e. The second-order valence-corrected chi connectivity index (χ2v) is 12.0. The van der Waals surface area contributed by atoms with E-state index in [4.69, 9.17) is 10.3 Å². The zero-order chi connectivity index (χ0) is 26.6. The molecule has 9 heteroatoms. The topological polar surface area (TPSA) is 132 Å². The van der Waals surface area contributed by atoms with Gasteiger partial charge < -0.3 is 14.9 Å². The van der Waals surface area contributed by atoms with Crippen LogP contribution in [-0.2, 0) is 9.53 Å². The van der Waals surface area contributed by atoms with Crippen LogP contribution in [0.2, 0.25) is 0 Å². The lowest BCUT2D eigenvalue weighted by atomic mass is 9.74. The number of thiazole rings is 1. The lowest BCUT2D eigenvalue weighted by Crippen LogP contribution is -2.43. The molecule has 0 spiro atoms. The summed E-state index contributed by atoms with van der Waals surface area (Å²) in [7, 11) is 0. The van der Waals surface area contributed by atoms with Gasteiger partial charge in [0.1, 0.15) is 5.78 Å². The van der Waals surface area contributed by atoms with Gasteiger partial charge in [-0.2, -0.15) is 0 Å². The van der Waals surface area contributed by atoms with Crippen LogP contribution in [0.25, 0.3) is 16.5 Å². The maximum atomic E-state index is 12.8. The number of azide groups is 1. The number of hydrogen-bond donors (Lipinski definition) is 2. The molecular formula is C26H42N4O4S. The van der Waals surface area contributed by atoms with E-state index in [1.807, 2.05) is 32.2 Å². The van der Waals surface area contributed by atoms with Crippen LogP contribution in [0.3, 0.4) is 0 Å². The first-order chi connectivity index (χ1) is 16.2. The summed E-state index contributed by atoms with van der Waals surface area (Å²) in [6.07, 6.45) is 3.49. The van der Waals surface area contributed by atoms with Gasteiger partial charge in [0.15, 0.2) is 0 Å². The summed E-state index contributed by atoms with van der Waals surface area (Å²) in [5, 5.41) is 27.7. The molecule has 35 heavy (non-hydrogen) atoms. The first-order valence-corrected chi connectivity index (χ1v) is 13.3. The Kier molecular flexibility index (Phi) is 10.1. The highest BCUT2D eigenvalue weighted by Gasteiger charge is 2.52. The lowest BCUT2D eigenvalue weighted by Gasteiger charge is -2.33. The Hall–Kier alpha value is -1.77. The predicted octanol–water partition coefficient (Wildman–Crippen LogP) is 5.86. The Balaban J connectivity index is 1.87. The number of hydrogen-bond acceptors (Lipinski definition) is 7. The molecule has 1 aromatic rings. The molecule has 2 rings (SSSR count). The Morgan fingerprint density at radius 3 is 2.60 bits per heavy atom. The molecule has 7 unspecified atom stereocenters. The standard InChI is InChI=1S/C26H42N4O4S/c1-15(23(32)17(3)24(33)25(6,7)18(4)31)10-9-11-26(8)22(34-26)13-21(29-30-27)16(2)12-20-14-35-19(5)28-20/h12,14-15,17-18,21-23,31-32H,9-11,13H2,1-8H3/b16-12+. The maximum absolute atomic E-state index is 12.8. The minimum absolute atomic E-state index is 0.00564. The Morgan fingerprint density at radius 1 is 1.40 bits per heavy atom. The van der Waals surface area contributed by atoms with Crippen molar-refractivity contribution < 1.29 is 19.7 Å². The molecule has 0 bridgehead atoms. The number of carbonyl (C=O) groups excluding carboxylic acids is 1. The van der Waals surface area contributed by atoms with Crippen LogP contribution in [-0.4, -0.2) is 50.9 Å². The monoisotopic (exact) mass is 506 g/mol. The van der Waals surface area contributed by atoms with Crippen molar-refractivity contribution >= 4 is 23.2 Å². The molecule has 0 aliphatic carbocycles. The third-order valence-corrected chi connectivity index (χ3v) is 8.51. The fraction of sp³-hybridized carbons (Fsp3) is 0.769. The van der Waals surface area contributed by atoms with Gasteiger partial charge in [0.2, 0.25) is 0 Å². The average molecular weight is 507 g/mol. The van der Waals surface area contributed by atoms with E-state index in [9.17, 15) is 15.0 Å². The van der Waals surface area contributed by atoms with E-state index < -0.39 is 23.5 Å². The Morgan fingerprint density at radius 2 is 2.06 bits per heavy atom. The number of epoxide rings is 1. The molecule has 0 radical (unpaired) electrons. The minimum atomic E-state index is -0.893. The maximum Gasteiger partial charge on any atom is 0.146 e. The number of ketones is 1. The second-order valence-electron chi connectivity index (χ2n) is 11.0. The fourth-order valence-corrected chi connectivity index (χ4v) is 5.13. The van der Waals surface area contributed by atoms with Crippen molar-refractivity contribution in [2.75, 3.05) is 0 Å². The van der Waals surface area contributed by atoms with Crippen LogP contribution in [0.5, 0.6) is 0 Å². The van der Waals surface area contributed by atoms with Crippen LogP contribution in [0.1, 0.15) is 84.9 Å². The molecule has 8 nitrogen and oxygen atoms in total. The Bertz CT molecular complexity index is 953. The van der Waals surface area contributed by atoms with Gasteiger partial charge >= 0.3 is 0 Å². The van der Waals surface area contributed by atoms with Crippen LogP contribution in [0.4, 0.5) is 0 Å². The predicted molar refractivity (Wildman–Crippen MR) is 140 cm³/mol. The van der Waals surface area contributed by atoms with E-state index in [1.54, 1.807) is 39.0 Å². The van der Waals surface area contributed by atoms with Gasteiger partial charge in [-0.05, 0) is 64.5 Å². The van der Waals surface area contributed by atoms with E-state index in [0.29, 0.717) is 6.42 Å². The molecular weight excluding hydrogens is 464 g/mol. The summed E-state index contributed by atoms with van der Waals surface area (Å²) in [5.74, 6) is -0.720. The van der Waals surface area contributed by atoms with E-state index in [0.717, 1.165) is 35.5 Å². The second kappa shape index (κ2) is 12.0. The van der Waals surface area contributed by atoms with E-state index in [-0.39, 0.29) is 29.4 Å². The van der Waals surface area contributed by atoms with Crippen molar-refractivity contribution in [2.45, 2.75) is 111 Å². The SMILES string of the molecule is C/C(=C\c1csc(C)n1)C(CC1OC1(C)CCCC(C)C(O)C(C)C(=O)C(C)(C)C(C)O)N=[N+]=[N-]. The summed E-state index contributed by atoms with van der Waals surface area (Å²) in [6.45, 7) is 14.7. The van der Waals surface area contributed by atoms with Gasteiger partial charge in [0.05, 0.1) is 40.7 Å². The van der Waals surface area contributed by atoms with Crippen LogP contribution in [0, 0.1) is 24.2 Å². The summed E-state index contributed by atoms with van der Waals surface area (Å²) in [5.41, 5.74) is 9.72. The number of aliphatic hydroxyl groups excluding tert-OH is 2. The first-order valence-electron chi connectivity index (χ1n) is 12.5. The van der Waals surface area contributed by atoms with Crippen molar-refractivity contribution in [1.29, 1.82) is 0 Å². The van der Waals surface area contributed by atoms with E-state index in [1.165, 1.54) is 0 Å². The third kappa shape index (κ3) is 7.61. The first kappa shape index (κ1) is 29.5. The third-order valence-electron chi connectivity index (χ3n) is 7.72. The molecule has 1 fully saturated rings. The molecule has 0 saturated carbocycles. The molecule has 196 valence electrons. The van der Waals surface area contributed by atoms with Crippen molar-refractivity contribution in [1.82, 2.24) is 4.98 Å². The van der Waals surface area contributed by atoms with E-state index in [2.05, 4.69) is 21.9 Å². The number of Topliss-reactive ketones (excluding diaryl/α,β-unsaturated/α-hetero) is 1. The van der Waals surface area contributed by atoms with Gasteiger partial charge in [0.25, 0.3) is 0 Å². The zero-order valence-corrected chi connectivity index (χ0v) is 23.2. The number of nitrogens with zero attached hydrogens (tertiary/aromatic N) is 4. The molecule has 7 atom stereocenters.